The van der Waals surface area contributed by atoms with Gasteiger partial charge in [0.15, 0.2) is 0 Å². The first kappa shape index (κ1) is 11.2. The molecule has 5 nitrogen and oxygen atoms in total. The summed E-state index contributed by atoms with van der Waals surface area (Å²) in [6.07, 6.45) is 0. The Hall–Kier alpha value is -0.890. The van der Waals surface area contributed by atoms with Gasteiger partial charge in [0.25, 0.3) is 5.69 Å². The van der Waals surface area contributed by atoms with Crippen LogP contribution in [0.2, 0.25) is 0 Å². The van der Waals surface area contributed by atoms with E-state index in [0.29, 0.717) is 11.3 Å². The van der Waals surface area contributed by atoms with Crippen molar-refractivity contribution < 1.29 is 9.66 Å². The van der Waals surface area contributed by atoms with Crippen LogP contribution in [0.15, 0.2) is 12.1 Å². The molecule has 1 aromatic carbocycles. The lowest BCUT2D eigenvalue weighted by Crippen LogP contribution is -2.05. The third kappa shape index (κ3) is 2.13. The van der Waals surface area contributed by atoms with E-state index < -0.39 is 4.92 Å². The molecule has 0 aliphatic rings. The Bertz CT molecular complexity index is 368. The van der Waals surface area contributed by atoms with Gasteiger partial charge >= 0.3 is 0 Å². The van der Waals surface area contributed by atoms with Gasteiger partial charge in [0.1, 0.15) is 5.75 Å². The molecule has 0 amide bonds. The zero-order valence-electron chi connectivity index (χ0n) is 7.49. The Morgan fingerprint density at radius 2 is 2.29 bits per heavy atom. The molecule has 0 fully saturated rings. The van der Waals surface area contributed by atoms with Crippen LogP contribution in [0.1, 0.15) is 5.56 Å². The van der Waals surface area contributed by atoms with Crippen molar-refractivity contribution in [2.45, 2.75) is 6.54 Å². The molecule has 0 aromatic heterocycles. The maximum atomic E-state index is 10.7. The van der Waals surface area contributed by atoms with Crippen LogP contribution < -0.4 is 10.5 Å². The van der Waals surface area contributed by atoms with Crippen molar-refractivity contribution in [3.8, 4) is 5.75 Å². The summed E-state index contributed by atoms with van der Waals surface area (Å²) < 4.78 is 5.77. The number of nitrogens with zero attached hydrogens (tertiary/aromatic N) is 1. The van der Waals surface area contributed by atoms with Gasteiger partial charge in [0.05, 0.1) is 17.6 Å². The van der Waals surface area contributed by atoms with E-state index in [2.05, 4.69) is 0 Å². The fourth-order valence-corrected chi connectivity index (χ4v) is 1.73. The van der Waals surface area contributed by atoms with Gasteiger partial charge in [-0.2, -0.15) is 0 Å². The number of ether oxygens (including phenoxy) is 1. The maximum absolute atomic E-state index is 10.7. The molecule has 76 valence electrons. The van der Waals surface area contributed by atoms with Crippen LogP contribution in [0.25, 0.3) is 0 Å². The van der Waals surface area contributed by atoms with Crippen molar-refractivity contribution in [2.75, 3.05) is 7.11 Å². The van der Waals surface area contributed by atoms with Crippen LogP contribution in [0, 0.1) is 13.7 Å². The lowest BCUT2D eigenvalue weighted by atomic mass is 10.1. The van der Waals surface area contributed by atoms with E-state index in [1.165, 1.54) is 13.2 Å². The average molecular weight is 308 g/mol. The lowest BCUT2D eigenvalue weighted by molar-refractivity contribution is -0.385. The van der Waals surface area contributed by atoms with E-state index in [1.807, 2.05) is 22.6 Å². The first-order valence-corrected chi connectivity index (χ1v) is 4.89. The highest BCUT2D eigenvalue weighted by molar-refractivity contribution is 14.1. The predicted octanol–water partition coefficient (Wildman–Crippen LogP) is 1.67. The molecule has 0 aliphatic heterocycles. The highest BCUT2D eigenvalue weighted by Gasteiger charge is 2.18. The van der Waals surface area contributed by atoms with Gasteiger partial charge in [0.2, 0.25) is 0 Å². The Labute approximate surface area is 94.5 Å². The van der Waals surface area contributed by atoms with Crippen LogP contribution in [-0.2, 0) is 6.54 Å². The summed E-state index contributed by atoms with van der Waals surface area (Å²) in [5.74, 6) is 0.464. The highest BCUT2D eigenvalue weighted by atomic mass is 127. The second-order valence-corrected chi connectivity index (χ2v) is 3.81. The van der Waals surface area contributed by atoms with Crippen molar-refractivity contribution in [2.24, 2.45) is 5.73 Å². The summed E-state index contributed by atoms with van der Waals surface area (Å²) in [4.78, 5) is 10.2. The van der Waals surface area contributed by atoms with E-state index in [-0.39, 0.29) is 12.2 Å². The molecule has 0 heterocycles. The minimum absolute atomic E-state index is 0.0104. The summed E-state index contributed by atoms with van der Waals surface area (Å²) in [5.41, 5.74) is 5.87. The van der Waals surface area contributed by atoms with Crippen molar-refractivity contribution in [3.63, 3.8) is 0 Å². The zero-order valence-corrected chi connectivity index (χ0v) is 9.65. The molecule has 0 atom stereocenters. The smallest absolute Gasteiger partial charge is 0.278 e. The van der Waals surface area contributed by atoms with Crippen LogP contribution in [-0.4, -0.2) is 12.0 Å². The third-order valence-corrected chi connectivity index (χ3v) is 2.39. The van der Waals surface area contributed by atoms with E-state index in [0.717, 1.165) is 3.57 Å². The quantitative estimate of drug-likeness (QED) is 0.523. The van der Waals surface area contributed by atoms with Crippen LogP contribution in [0.5, 0.6) is 5.75 Å². The molecule has 1 rings (SSSR count). The van der Waals surface area contributed by atoms with Gasteiger partial charge in [-0.1, -0.05) is 0 Å². The number of rotatable bonds is 3. The molecule has 14 heavy (non-hydrogen) atoms. The minimum atomic E-state index is -0.452. The van der Waals surface area contributed by atoms with E-state index >= 15 is 0 Å². The molecule has 0 saturated carbocycles. The Balaban J connectivity index is 3.39. The Morgan fingerprint density at radius 1 is 1.64 bits per heavy atom. The van der Waals surface area contributed by atoms with E-state index in [1.54, 1.807) is 6.07 Å². The first-order valence-electron chi connectivity index (χ1n) is 3.81. The highest BCUT2D eigenvalue weighted by Crippen LogP contribution is 2.30. The average Bonchev–Trinajstić information content (AvgIpc) is 2.16. The normalized spacial score (nSPS) is 9.93. The molecule has 1 aromatic rings. The van der Waals surface area contributed by atoms with Gasteiger partial charge in [-0.05, 0) is 28.7 Å². The van der Waals surface area contributed by atoms with Crippen LogP contribution in [0.4, 0.5) is 5.69 Å². The second kappa shape index (κ2) is 4.56. The standard InChI is InChI=1S/C8H9IN2O3/c1-14-8-3-5(9)2-7(11(12)13)6(8)4-10/h2-3H,4,10H2,1H3. The van der Waals surface area contributed by atoms with Gasteiger partial charge in [-0.15, -0.1) is 0 Å². The molecule has 0 saturated heterocycles. The monoisotopic (exact) mass is 308 g/mol. The molecular formula is C8H9IN2O3. The number of hydrogen-bond acceptors (Lipinski definition) is 4. The number of nitro benzene ring substituents is 1. The fraction of sp³-hybridized carbons (Fsp3) is 0.250. The first-order chi connectivity index (χ1) is 6.60. The van der Waals surface area contributed by atoms with Crippen LogP contribution >= 0.6 is 22.6 Å². The van der Waals surface area contributed by atoms with Gasteiger partial charge in [-0.3, -0.25) is 10.1 Å². The summed E-state index contributed by atoms with van der Waals surface area (Å²) in [6, 6.07) is 3.20. The number of nitro groups is 1. The van der Waals surface area contributed by atoms with Crippen molar-refractivity contribution in [3.05, 3.63) is 31.4 Å². The lowest BCUT2D eigenvalue weighted by Gasteiger charge is -2.07. The zero-order chi connectivity index (χ0) is 10.7. The number of halogens is 1. The molecule has 0 radical (unpaired) electrons. The van der Waals surface area contributed by atoms with Crippen LogP contribution in [0.3, 0.4) is 0 Å². The predicted molar refractivity (Wildman–Crippen MR) is 60.3 cm³/mol. The largest absolute Gasteiger partial charge is 0.496 e. The van der Waals surface area contributed by atoms with E-state index in [4.69, 9.17) is 10.5 Å². The minimum Gasteiger partial charge on any atom is -0.496 e. The molecular weight excluding hydrogens is 299 g/mol. The van der Waals surface area contributed by atoms with Crippen molar-refractivity contribution in [1.29, 1.82) is 0 Å². The van der Waals surface area contributed by atoms with Crippen molar-refractivity contribution >= 4 is 28.3 Å². The topological polar surface area (TPSA) is 78.4 Å². The van der Waals surface area contributed by atoms with E-state index in [9.17, 15) is 10.1 Å². The summed E-state index contributed by atoms with van der Waals surface area (Å²) >= 11 is 2.00. The fourth-order valence-electron chi connectivity index (χ4n) is 1.15. The number of hydrogen-bond donors (Lipinski definition) is 1. The molecule has 0 spiro atoms. The number of nitrogens with two attached hydrogens (primary N) is 1. The summed E-state index contributed by atoms with van der Waals surface area (Å²) in [6.45, 7) is 0.0937. The van der Waals surface area contributed by atoms with Crippen molar-refractivity contribution in [1.82, 2.24) is 0 Å². The third-order valence-electron chi connectivity index (χ3n) is 1.77. The Morgan fingerprint density at radius 3 is 2.71 bits per heavy atom. The molecule has 0 unspecified atom stereocenters. The SMILES string of the molecule is COc1cc(I)cc([N+](=O)[O-])c1CN. The maximum Gasteiger partial charge on any atom is 0.278 e. The summed E-state index contributed by atoms with van der Waals surface area (Å²) in [5, 5.41) is 10.7. The van der Waals surface area contributed by atoms with Gasteiger partial charge in [-0.25, -0.2) is 0 Å². The summed E-state index contributed by atoms with van der Waals surface area (Å²) in [7, 11) is 1.47. The number of benzene rings is 1. The number of methoxy groups -OCH3 is 1. The molecule has 0 bridgehead atoms. The van der Waals surface area contributed by atoms with Gasteiger partial charge in [0, 0.05) is 16.2 Å². The second-order valence-electron chi connectivity index (χ2n) is 2.57. The molecule has 6 heteroatoms. The molecule has 2 N–H and O–H groups in total. The van der Waals surface area contributed by atoms with Gasteiger partial charge < -0.3 is 10.5 Å². The Kier molecular flexibility index (Phi) is 3.64. The molecule has 0 aliphatic carbocycles.